The second-order valence-corrected chi connectivity index (χ2v) is 44.7. The molecule has 0 radical (unpaired) electrons. The van der Waals surface area contributed by atoms with Gasteiger partial charge >= 0.3 is 394 Å². The smallest absolute Gasteiger partial charge is 0.0882 e. The number of hydrogen-bond donors (Lipinski definition) is 0. The number of unbranched alkanes of at least 4 members (excludes halogenated alkanes) is 36. The van der Waals surface area contributed by atoms with E-state index < -0.39 is 38.4 Å². The third-order valence-electron chi connectivity index (χ3n) is 15.3. The third-order valence-corrected chi connectivity index (χ3v) is 47.8. The van der Waals surface area contributed by atoms with Crippen LogP contribution in [0.15, 0.2) is 48.6 Å². The summed E-state index contributed by atoms with van der Waals surface area (Å²) in [7, 11) is 0. The van der Waals surface area contributed by atoms with E-state index in [-0.39, 0.29) is 11.9 Å². The van der Waals surface area contributed by atoms with E-state index in [9.17, 15) is 9.59 Å². The Labute approximate surface area is 480 Å². The fraction of sp³-hybridized carbons (Fsp3) is 0.853. The van der Waals surface area contributed by atoms with Crippen molar-refractivity contribution < 1.29 is 17.1 Å². The summed E-state index contributed by atoms with van der Waals surface area (Å²) < 4.78 is 26.1. The molecule has 0 heterocycles. The second-order valence-electron chi connectivity index (χ2n) is 22.9. The van der Waals surface area contributed by atoms with Gasteiger partial charge in [-0.15, -0.1) is 0 Å². The van der Waals surface area contributed by atoms with E-state index in [4.69, 9.17) is 7.56 Å². The molecular weight excluding hydrogens is 1130 g/mol. The van der Waals surface area contributed by atoms with Gasteiger partial charge in [0, 0.05) is 0 Å². The predicted molar refractivity (Wildman–Crippen MR) is 336 cm³/mol. The molecule has 7 heteroatoms. The van der Waals surface area contributed by atoms with Gasteiger partial charge in [-0.2, -0.15) is 0 Å². The van der Waals surface area contributed by atoms with Gasteiger partial charge < -0.3 is 0 Å². The molecule has 5 nitrogen and oxygen atoms in total. The minimum absolute atomic E-state index is 0.00998. The fourth-order valence-electron chi connectivity index (χ4n) is 10.4. The average molecular weight is 1270 g/mol. The summed E-state index contributed by atoms with van der Waals surface area (Å²) in [4.78, 5) is 28.8. The second kappa shape index (κ2) is 59.6. The van der Waals surface area contributed by atoms with Crippen LogP contribution in [0.1, 0.15) is 350 Å². The minimum atomic E-state index is -4.17. The van der Waals surface area contributed by atoms with Crippen LogP contribution in [0.5, 0.6) is 0 Å². The van der Waals surface area contributed by atoms with Crippen LogP contribution in [0.3, 0.4) is 0 Å². The first kappa shape index (κ1) is 74.5. The van der Waals surface area contributed by atoms with Crippen molar-refractivity contribution in [1.82, 2.24) is 0 Å². The van der Waals surface area contributed by atoms with Gasteiger partial charge in [0.2, 0.25) is 0 Å². The molecule has 0 bridgehead atoms. The molecule has 0 unspecified atom stereocenters. The first-order chi connectivity index (χ1) is 36.9. The first-order valence-electron chi connectivity index (χ1n) is 33.6. The molecule has 0 aromatic rings. The predicted octanol–water partition coefficient (Wildman–Crippen LogP) is 24.0. The van der Waals surface area contributed by atoms with Gasteiger partial charge in [-0.1, -0.05) is 63.8 Å². The Hall–Kier alpha value is -0.543. The number of hydrogen-bond acceptors (Lipinski definition) is 5. The van der Waals surface area contributed by atoms with E-state index in [1.807, 2.05) is 0 Å². The number of allylic oxidation sites excluding steroid dienone is 8. The van der Waals surface area contributed by atoms with Crippen molar-refractivity contribution in [3.63, 3.8) is 0 Å². The minimum Gasteiger partial charge on any atom is -0.0882 e. The van der Waals surface area contributed by atoms with Gasteiger partial charge in [0.15, 0.2) is 0 Å². The van der Waals surface area contributed by atoms with E-state index in [0.717, 1.165) is 94.8 Å². The van der Waals surface area contributed by atoms with Crippen molar-refractivity contribution in [3.8, 4) is 0 Å². The molecule has 0 spiro atoms. The third kappa shape index (κ3) is 51.4. The van der Waals surface area contributed by atoms with Gasteiger partial charge in [-0.05, 0) is 25.7 Å². The standard InChI is InChI=1S/2C18H32O2.4C8H17.O.2Sn/c2*1-2-3-4-5-6-7-8-9-10-11-12-13-14-15-16-17-18(19)20;4*1-3-5-7-8-6-4-2;;;/h2*6-7,9-10H,2-5,8,11-17H2,1H3,(H,19,20);4*1,3-8H2,2H3;;;/q;;;;;;;2*+1/p-2. The van der Waals surface area contributed by atoms with Crippen molar-refractivity contribution in [1.29, 1.82) is 0 Å². The molecule has 0 aromatic heterocycles. The molecule has 0 amide bonds. The molecule has 0 aliphatic rings. The van der Waals surface area contributed by atoms with E-state index >= 15 is 0 Å². The van der Waals surface area contributed by atoms with Crippen molar-refractivity contribution in [2.24, 2.45) is 0 Å². The van der Waals surface area contributed by atoms with Gasteiger partial charge in [-0.3, -0.25) is 0 Å². The van der Waals surface area contributed by atoms with E-state index in [1.165, 1.54) is 218 Å². The maximum absolute atomic E-state index is 14.4. The van der Waals surface area contributed by atoms with Crippen LogP contribution in [0.4, 0.5) is 0 Å². The van der Waals surface area contributed by atoms with Crippen LogP contribution >= 0.6 is 0 Å². The Morgan fingerprint density at radius 2 is 0.480 bits per heavy atom. The molecular formula is C68H130O5Sn2. The molecule has 0 fully saturated rings. The molecule has 0 atom stereocenters. The first-order valence-corrected chi connectivity index (χ1v) is 46.3. The van der Waals surface area contributed by atoms with Crippen LogP contribution in [0.25, 0.3) is 0 Å². The quantitative estimate of drug-likeness (QED) is 0.0345. The summed E-state index contributed by atoms with van der Waals surface area (Å²) >= 11 is -8.34. The Morgan fingerprint density at radius 3 is 0.760 bits per heavy atom. The van der Waals surface area contributed by atoms with Crippen molar-refractivity contribution in [3.05, 3.63) is 48.6 Å². The molecule has 0 saturated carbocycles. The number of rotatable bonds is 60. The van der Waals surface area contributed by atoms with Gasteiger partial charge in [0.05, 0.1) is 0 Å². The molecule has 0 aliphatic heterocycles. The summed E-state index contributed by atoms with van der Waals surface area (Å²) in [6, 6.07) is 0. The summed E-state index contributed by atoms with van der Waals surface area (Å²) in [5.74, 6) is -0.0200. The van der Waals surface area contributed by atoms with Gasteiger partial charge in [0.25, 0.3) is 0 Å². The summed E-state index contributed by atoms with van der Waals surface area (Å²) in [6.45, 7) is 13.7. The monoisotopic (exact) mass is 1270 g/mol. The van der Waals surface area contributed by atoms with Gasteiger partial charge in [-0.25, -0.2) is 0 Å². The van der Waals surface area contributed by atoms with Crippen LogP contribution in [-0.4, -0.2) is 50.3 Å². The van der Waals surface area contributed by atoms with Crippen molar-refractivity contribution in [2.45, 2.75) is 367 Å². The Kier molecular flexibility index (Phi) is 59.1. The molecule has 0 saturated heterocycles. The summed E-state index contributed by atoms with van der Waals surface area (Å²) in [5.41, 5.74) is 0. The molecule has 0 rings (SSSR count). The van der Waals surface area contributed by atoms with Crippen LogP contribution < -0.4 is 0 Å². The normalized spacial score (nSPS) is 12.5. The van der Waals surface area contributed by atoms with Crippen molar-refractivity contribution >= 4 is 50.3 Å². The Balaban J connectivity index is 6.34. The Morgan fingerprint density at radius 1 is 0.267 bits per heavy atom. The van der Waals surface area contributed by atoms with Crippen molar-refractivity contribution in [2.75, 3.05) is 0 Å². The van der Waals surface area contributed by atoms with E-state index in [1.54, 1.807) is 0 Å². The van der Waals surface area contributed by atoms with Crippen LogP contribution in [-0.2, 0) is 17.1 Å². The van der Waals surface area contributed by atoms with Crippen LogP contribution in [0, 0.1) is 0 Å². The average Bonchev–Trinajstić information content (AvgIpc) is 3.40. The van der Waals surface area contributed by atoms with E-state index in [2.05, 4.69) is 90.2 Å². The molecule has 440 valence electrons. The molecule has 0 N–H and O–H groups in total. The summed E-state index contributed by atoms with van der Waals surface area (Å²) in [6.07, 6.45) is 74.5. The van der Waals surface area contributed by atoms with E-state index in [0.29, 0.717) is 12.8 Å². The zero-order chi connectivity index (χ0) is 54.7. The molecule has 75 heavy (non-hydrogen) atoms. The zero-order valence-electron chi connectivity index (χ0n) is 51.4. The topological polar surface area (TPSA) is 61.8 Å². The molecule has 0 aromatic carbocycles. The summed E-state index contributed by atoms with van der Waals surface area (Å²) in [5, 5.41) is 0. The number of carbonyl (C=O) groups excluding carboxylic acids is 2. The Bertz CT molecular complexity index is 1190. The molecule has 0 aliphatic carbocycles. The van der Waals surface area contributed by atoms with Crippen LogP contribution in [0.2, 0.25) is 17.7 Å². The SMILES string of the molecule is CCCCCC=CCC=CCCCCCCCC(=O)[O][Sn]([CH2]CCCCCCC)([CH2]CCCCCCC)[O][Sn]([CH2]CCCCCCC)([CH2]CCCCCCC)[O]C(=O)CCCCCCCC=CCC=CCCCCC. The van der Waals surface area contributed by atoms with Gasteiger partial charge in [0.1, 0.15) is 0 Å². The maximum atomic E-state index is 14.4. The fourth-order valence-corrected chi connectivity index (χ4v) is 50.7. The number of carbonyl (C=O) groups is 2. The zero-order valence-corrected chi connectivity index (χ0v) is 57.1.